The Kier molecular flexibility index (Phi) is 2.18. The first-order valence-electron chi connectivity index (χ1n) is 4.17. The number of nitrogens with two attached hydrogens (primary N) is 1. The van der Waals surface area contributed by atoms with E-state index >= 15 is 0 Å². The number of nitrogen functional groups attached to an aromatic ring is 1. The monoisotopic (exact) mass is 197 g/mol. The molecule has 0 atom stereocenters. The lowest BCUT2D eigenvalue weighted by Crippen LogP contribution is -2.09. The van der Waals surface area contributed by atoms with Crippen LogP contribution in [-0.4, -0.2) is 17.8 Å². The number of fused-ring (bicyclic) bond motifs is 1. The number of anilines is 1. The lowest BCUT2D eigenvalue weighted by atomic mass is 10.0. The predicted molar refractivity (Wildman–Crippen MR) is 53.0 cm³/mol. The minimum atomic E-state index is 0.621. The van der Waals surface area contributed by atoms with Crippen LogP contribution in [0.5, 0.6) is 0 Å². The molecule has 0 amide bonds. The van der Waals surface area contributed by atoms with Gasteiger partial charge in [-0.3, -0.25) is 0 Å². The van der Waals surface area contributed by atoms with Crippen molar-refractivity contribution in [3.63, 3.8) is 0 Å². The zero-order valence-electron chi connectivity index (χ0n) is 7.41. The van der Waals surface area contributed by atoms with Crippen molar-refractivity contribution in [1.82, 2.24) is 4.98 Å². The molecule has 0 unspecified atom stereocenters. The highest BCUT2D eigenvalue weighted by Gasteiger charge is 2.20. The lowest BCUT2D eigenvalue weighted by Gasteiger charge is -2.10. The highest BCUT2D eigenvalue weighted by atomic mass is 32.1. The molecule has 1 heterocycles. The van der Waals surface area contributed by atoms with Gasteiger partial charge in [-0.25, -0.2) is 4.98 Å². The fraction of sp³-hybridized carbons (Fsp3) is 0.500. The molecule has 2 N–H and O–H groups in total. The molecule has 1 aliphatic rings. The number of aryl methyl sites for hydroxylation is 1. The van der Waals surface area contributed by atoms with Crippen LogP contribution in [0.3, 0.4) is 0 Å². The van der Waals surface area contributed by atoms with Crippen LogP contribution in [-0.2, 0) is 11.3 Å². The first-order valence-corrected chi connectivity index (χ1v) is 4.98. The van der Waals surface area contributed by atoms with Crippen molar-refractivity contribution in [3.8, 4) is 0 Å². The largest absolute Gasteiger partial charge is 0.399 e. The quantitative estimate of drug-likeness (QED) is 0.692. The number of aromatic nitrogens is 1. The van der Waals surface area contributed by atoms with Crippen LogP contribution in [0.15, 0.2) is 5.16 Å². The lowest BCUT2D eigenvalue weighted by molar-refractivity contribution is 0.212. The van der Waals surface area contributed by atoms with Gasteiger partial charge in [0.05, 0.1) is 16.3 Å². The van der Waals surface area contributed by atoms with Crippen LogP contribution in [0.2, 0.25) is 0 Å². The third-order valence-electron chi connectivity index (χ3n) is 2.00. The maximum Gasteiger partial charge on any atom is 0.180 e. The summed E-state index contributed by atoms with van der Waals surface area (Å²) in [6.45, 7) is 0. The van der Waals surface area contributed by atoms with Crippen LogP contribution in [0.25, 0.3) is 0 Å². The van der Waals surface area contributed by atoms with Gasteiger partial charge >= 0.3 is 0 Å². The fourth-order valence-corrected chi connectivity index (χ4v) is 2.39. The molecule has 0 saturated carbocycles. The average Bonchev–Trinajstić information content (AvgIpc) is 2.47. The first-order chi connectivity index (χ1) is 6.31. The van der Waals surface area contributed by atoms with Crippen molar-refractivity contribution in [2.75, 3.05) is 12.8 Å². The summed E-state index contributed by atoms with van der Waals surface area (Å²) < 4.78 is 0. The van der Waals surface area contributed by atoms with E-state index < -0.39 is 0 Å². The second kappa shape index (κ2) is 3.33. The molecular weight excluding hydrogens is 186 g/mol. The van der Waals surface area contributed by atoms with Gasteiger partial charge in [-0.2, -0.15) is 0 Å². The fourth-order valence-electron chi connectivity index (χ4n) is 1.50. The molecule has 4 nitrogen and oxygen atoms in total. The van der Waals surface area contributed by atoms with E-state index in [1.54, 1.807) is 7.11 Å². The summed E-state index contributed by atoms with van der Waals surface area (Å²) in [5.74, 6) is 0. The topological polar surface area (TPSA) is 60.5 Å². The van der Waals surface area contributed by atoms with Gasteiger partial charge in [0.2, 0.25) is 0 Å². The summed E-state index contributed by atoms with van der Waals surface area (Å²) in [7, 11) is 1.56. The third kappa shape index (κ3) is 1.51. The van der Waals surface area contributed by atoms with Gasteiger partial charge in [0.25, 0.3) is 0 Å². The van der Waals surface area contributed by atoms with E-state index in [2.05, 4.69) is 10.1 Å². The Balaban J connectivity index is 2.42. The minimum absolute atomic E-state index is 0.621. The average molecular weight is 197 g/mol. The number of hydrogen-bond donors (Lipinski definition) is 1. The van der Waals surface area contributed by atoms with E-state index in [4.69, 9.17) is 10.6 Å². The van der Waals surface area contributed by atoms with Crippen LogP contribution in [0.1, 0.15) is 23.4 Å². The Morgan fingerprint density at radius 2 is 2.38 bits per heavy atom. The van der Waals surface area contributed by atoms with E-state index in [-0.39, 0.29) is 0 Å². The predicted octanol–water partition coefficient (Wildman–Crippen LogP) is 1.41. The maximum atomic E-state index is 5.63. The van der Waals surface area contributed by atoms with Gasteiger partial charge in [0, 0.05) is 0 Å². The van der Waals surface area contributed by atoms with Crippen molar-refractivity contribution in [1.29, 1.82) is 0 Å². The molecule has 70 valence electrons. The van der Waals surface area contributed by atoms with Crippen LogP contribution in [0.4, 0.5) is 5.13 Å². The van der Waals surface area contributed by atoms with Crippen molar-refractivity contribution in [2.24, 2.45) is 5.16 Å². The zero-order valence-corrected chi connectivity index (χ0v) is 8.23. The summed E-state index contributed by atoms with van der Waals surface area (Å²) >= 11 is 1.49. The molecule has 0 radical (unpaired) electrons. The first kappa shape index (κ1) is 8.50. The summed E-state index contributed by atoms with van der Waals surface area (Å²) in [4.78, 5) is 10.1. The number of oxime groups is 1. The molecular formula is C8H11N3OS. The maximum absolute atomic E-state index is 5.63. The summed E-state index contributed by atoms with van der Waals surface area (Å²) in [5.41, 5.74) is 7.69. The molecule has 0 aliphatic heterocycles. The van der Waals surface area contributed by atoms with Crippen LogP contribution >= 0.6 is 11.3 Å². The smallest absolute Gasteiger partial charge is 0.180 e. The van der Waals surface area contributed by atoms with Crippen LogP contribution < -0.4 is 5.73 Å². The Hall–Kier alpha value is -1.10. The minimum Gasteiger partial charge on any atom is -0.399 e. The molecule has 0 bridgehead atoms. The Morgan fingerprint density at radius 1 is 1.54 bits per heavy atom. The normalized spacial score (nSPS) is 18.7. The van der Waals surface area contributed by atoms with Gasteiger partial charge < -0.3 is 10.6 Å². The number of rotatable bonds is 1. The number of thiazole rings is 1. The van der Waals surface area contributed by atoms with E-state index in [1.165, 1.54) is 11.3 Å². The second-order valence-electron chi connectivity index (χ2n) is 2.90. The van der Waals surface area contributed by atoms with Crippen molar-refractivity contribution in [3.05, 3.63) is 10.6 Å². The molecule has 0 fully saturated rings. The van der Waals surface area contributed by atoms with Crippen molar-refractivity contribution in [2.45, 2.75) is 19.3 Å². The zero-order chi connectivity index (χ0) is 9.26. The molecule has 5 heteroatoms. The summed E-state index contributed by atoms with van der Waals surface area (Å²) in [6.07, 6.45) is 3.05. The van der Waals surface area contributed by atoms with E-state index in [0.29, 0.717) is 5.13 Å². The van der Waals surface area contributed by atoms with Gasteiger partial charge in [-0.1, -0.05) is 16.5 Å². The Labute approximate surface area is 80.4 Å². The Morgan fingerprint density at radius 3 is 3.15 bits per heavy atom. The van der Waals surface area contributed by atoms with Gasteiger partial charge in [-0.15, -0.1) is 0 Å². The SMILES string of the molecule is CON=C1CCCc2nc(N)sc21. The number of nitrogens with zero attached hydrogens (tertiary/aromatic N) is 2. The highest BCUT2D eigenvalue weighted by Crippen LogP contribution is 2.28. The summed E-state index contributed by atoms with van der Waals surface area (Å²) in [6, 6.07) is 0. The molecule has 0 spiro atoms. The van der Waals surface area contributed by atoms with E-state index in [9.17, 15) is 0 Å². The molecule has 1 aliphatic carbocycles. The van der Waals surface area contributed by atoms with Crippen molar-refractivity contribution >= 4 is 22.2 Å². The van der Waals surface area contributed by atoms with Crippen LogP contribution in [0, 0.1) is 0 Å². The third-order valence-corrected chi connectivity index (χ3v) is 2.98. The van der Waals surface area contributed by atoms with Gasteiger partial charge in [0.1, 0.15) is 7.11 Å². The second-order valence-corrected chi connectivity index (χ2v) is 3.93. The molecule has 0 saturated heterocycles. The summed E-state index contributed by atoms with van der Waals surface area (Å²) in [5, 5.41) is 4.59. The molecule has 13 heavy (non-hydrogen) atoms. The van der Waals surface area contributed by atoms with Gasteiger partial charge in [0.15, 0.2) is 5.13 Å². The highest BCUT2D eigenvalue weighted by molar-refractivity contribution is 7.17. The number of hydrogen-bond acceptors (Lipinski definition) is 5. The van der Waals surface area contributed by atoms with E-state index in [1.807, 2.05) is 0 Å². The Bertz CT molecular complexity index is 345. The molecule has 2 rings (SSSR count). The molecule has 1 aromatic rings. The van der Waals surface area contributed by atoms with Crippen molar-refractivity contribution < 1.29 is 4.84 Å². The van der Waals surface area contributed by atoms with Gasteiger partial charge in [-0.05, 0) is 19.3 Å². The standard InChI is InChI=1S/C8H11N3OS/c1-12-11-6-4-2-3-5-7(6)13-8(9)10-5/h2-4H2,1H3,(H2,9,10). The molecule has 0 aromatic carbocycles. The molecule has 1 aromatic heterocycles. The van der Waals surface area contributed by atoms with E-state index in [0.717, 1.165) is 35.5 Å².